The summed E-state index contributed by atoms with van der Waals surface area (Å²) in [5.41, 5.74) is 1.59. The van der Waals surface area contributed by atoms with Crippen LogP contribution in [0.5, 0.6) is 0 Å². The van der Waals surface area contributed by atoms with Crippen LogP contribution in [0, 0.1) is 46.3 Å². The molecule has 0 saturated heterocycles. The van der Waals surface area contributed by atoms with E-state index < -0.39 is 6.10 Å². The first-order valence-corrected chi connectivity index (χ1v) is 12.6. The maximum Gasteiger partial charge on any atom is 0.155 e. The summed E-state index contributed by atoms with van der Waals surface area (Å²) in [4.78, 5) is 12.1. The molecule has 2 nitrogen and oxygen atoms in total. The molecule has 2 heteroatoms. The molecule has 0 aromatic rings. The monoisotopic (exact) mass is 400 g/mol. The van der Waals surface area contributed by atoms with Crippen LogP contribution in [0.3, 0.4) is 0 Å². The number of hydrogen-bond donors (Lipinski definition) is 1. The molecule has 0 bridgehead atoms. The number of hydrogen-bond acceptors (Lipinski definition) is 2. The molecule has 1 N–H and O–H groups in total. The Kier molecular flexibility index (Phi) is 5.82. The van der Waals surface area contributed by atoms with Gasteiger partial charge in [0.15, 0.2) is 5.78 Å². The Bertz CT molecular complexity index is 663. The highest BCUT2D eigenvalue weighted by Crippen LogP contribution is 2.67. The Hall–Kier alpha value is -0.630. The Labute approximate surface area is 178 Å². The molecule has 4 aliphatic rings. The van der Waals surface area contributed by atoms with Gasteiger partial charge in [-0.05, 0) is 96.5 Å². The van der Waals surface area contributed by atoms with Crippen molar-refractivity contribution in [2.45, 2.75) is 105 Å². The van der Waals surface area contributed by atoms with Gasteiger partial charge in [0, 0.05) is 6.42 Å². The van der Waals surface area contributed by atoms with Crippen LogP contribution in [0.15, 0.2) is 11.6 Å². The highest BCUT2D eigenvalue weighted by Gasteiger charge is 2.60. The van der Waals surface area contributed by atoms with Gasteiger partial charge in [0.25, 0.3) is 0 Å². The summed E-state index contributed by atoms with van der Waals surface area (Å²) in [5.74, 6) is 4.81. The normalized spacial score (nSPS) is 45.4. The standard InChI is InChI=1S/C27H44O2/c1-17(2)7-6-8-18(3)21-9-10-22-20-16-25(29)24-15-19(28)11-13-27(24,5)23(20)12-14-26(21,22)4/h15,17-18,20-23,25,29H,6-14,16H2,1-5H3/t18-,20-,21+,22?,23?,25?,26+,27+/m0/s1. The summed E-state index contributed by atoms with van der Waals surface area (Å²) >= 11 is 0. The number of carbonyl (C=O) groups excluding carboxylic acids is 1. The fourth-order valence-corrected chi connectivity index (χ4v) is 8.63. The lowest BCUT2D eigenvalue weighted by Gasteiger charge is -2.59. The van der Waals surface area contributed by atoms with Crippen molar-refractivity contribution in [1.29, 1.82) is 0 Å². The zero-order valence-electron chi connectivity index (χ0n) is 19.5. The van der Waals surface area contributed by atoms with E-state index in [-0.39, 0.29) is 11.2 Å². The van der Waals surface area contributed by atoms with Crippen LogP contribution >= 0.6 is 0 Å². The van der Waals surface area contributed by atoms with Crippen molar-refractivity contribution in [3.8, 4) is 0 Å². The van der Waals surface area contributed by atoms with Crippen LogP contribution in [0.2, 0.25) is 0 Å². The molecule has 0 spiro atoms. The third kappa shape index (κ3) is 3.56. The number of aliphatic hydroxyl groups is 1. The molecule has 4 aliphatic carbocycles. The van der Waals surface area contributed by atoms with Gasteiger partial charge < -0.3 is 5.11 Å². The van der Waals surface area contributed by atoms with E-state index in [1.807, 2.05) is 6.08 Å². The summed E-state index contributed by atoms with van der Waals surface area (Å²) in [6, 6.07) is 0. The van der Waals surface area contributed by atoms with E-state index in [0.717, 1.165) is 42.1 Å². The second-order valence-electron chi connectivity index (χ2n) is 12.1. The van der Waals surface area contributed by atoms with E-state index >= 15 is 0 Å². The second kappa shape index (κ2) is 7.81. The maximum atomic E-state index is 12.1. The third-order valence-corrected chi connectivity index (χ3v) is 10.2. The summed E-state index contributed by atoms with van der Waals surface area (Å²) in [5, 5.41) is 11.1. The molecule has 0 heterocycles. The van der Waals surface area contributed by atoms with Crippen molar-refractivity contribution < 1.29 is 9.90 Å². The summed E-state index contributed by atoms with van der Waals surface area (Å²) in [7, 11) is 0. The minimum atomic E-state index is -0.393. The van der Waals surface area contributed by atoms with E-state index in [9.17, 15) is 9.90 Å². The van der Waals surface area contributed by atoms with Crippen LogP contribution in [-0.2, 0) is 4.79 Å². The van der Waals surface area contributed by atoms with Gasteiger partial charge in [0.2, 0.25) is 0 Å². The minimum Gasteiger partial charge on any atom is -0.389 e. The predicted molar refractivity (Wildman–Crippen MR) is 119 cm³/mol. The average Bonchev–Trinajstić information content (AvgIpc) is 3.00. The van der Waals surface area contributed by atoms with E-state index in [1.54, 1.807) is 0 Å². The van der Waals surface area contributed by atoms with Gasteiger partial charge in [-0.15, -0.1) is 0 Å². The van der Waals surface area contributed by atoms with Crippen molar-refractivity contribution in [3.63, 3.8) is 0 Å². The quantitative estimate of drug-likeness (QED) is 0.567. The molecule has 3 saturated carbocycles. The average molecular weight is 401 g/mol. The van der Waals surface area contributed by atoms with E-state index in [1.165, 1.54) is 44.9 Å². The number of aliphatic hydroxyl groups excluding tert-OH is 1. The Morgan fingerprint density at radius 2 is 1.83 bits per heavy atom. The molecule has 3 fully saturated rings. The van der Waals surface area contributed by atoms with Crippen LogP contribution in [0.4, 0.5) is 0 Å². The topological polar surface area (TPSA) is 37.3 Å². The highest BCUT2D eigenvalue weighted by atomic mass is 16.3. The largest absolute Gasteiger partial charge is 0.389 e. The molecule has 0 aliphatic heterocycles. The maximum absolute atomic E-state index is 12.1. The SMILES string of the molecule is CC(C)CCC[C@H](C)[C@H]1CCC2[C@@H]3CC(O)C4=CC(=O)CC[C@]4(C)C3CC[C@@]21C. The van der Waals surface area contributed by atoms with Crippen LogP contribution in [-0.4, -0.2) is 17.0 Å². The summed E-state index contributed by atoms with van der Waals surface area (Å²) < 4.78 is 0. The smallest absolute Gasteiger partial charge is 0.155 e. The van der Waals surface area contributed by atoms with Crippen LogP contribution in [0.1, 0.15) is 98.8 Å². The van der Waals surface area contributed by atoms with Crippen molar-refractivity contribution in [3.05, 3.63) is 11.6 Å². The van der Waals surface area contributed by atoms with E-state index in [0.29, 0.717) is 23.7 Å². The molecular formula is C27H44O2. The van der Waals surface area contributed by atoms with Crippen molar-refractivity contribution in [1.82, 2.24) is 0 Å². The molecular weight excluding hydrogens is 356 g/mol. The molecule has 4 rings (SSSR count). The van der Waals surface area contributed by atoms with Gasteiger partial charge in [-0.25, -0.2) is 0 Å². The lowest BCUT2D eigenvalue weighted by molar-refractivity contribution is -0.119. The van der Waals surface area contributed by atoms with E-state index in [4.69, 9.17) is 0 Å². The highest BCUT2D eigenvalue weighted by molar-refractivity contribution is 5.91. The zero-order chi connectivity index (χ0) is 21.0. The van der Waals surface area contributed by atoms with Gasteiger partial charge in [-0.3, -0.25) is 4.79 Å². The summed E-state index contributed by atoms with van der Waals surface area (Å²) in [6.45, 7) is 12.2. The number of rotatable bonds is 5. The number of carbonyl (C=O) groups is 1. The van der Waals surface area contributed by atoms with Crippen molar-refractivity contribution in [2.24, 2.45) is 46.3 Å². The zero-order valence-corrected chi connectivity index (χ0v) is 19.5. The van der Waals surface area contributed by atoms with Crippen molar-refractivity contribution >= 4 is 5.78 Å². The van der Waals surface area contributed by atoms with E-state index in [2.05, 4.69) is 34.6 Å². The second-order valence-corrected chi connectivity index (χ2v) is 12.1. The van der Waals surface area contributed by atoms with Gasteiger partial charge in [-0.1, -0.05) is 53.9 Å². The Morgan fingerprint density at radius 3 is 2.55 bits per heavy atom. The first kappa shape index (κ1) is 21.6. The minimum absolute atomic E-state index is 0.0541. The first-order chi connectivity index (χ1) is 13.7. The Morgan fingerprint density at radius 1 is 1.07 bits per heavy atom. The Balaban J connectivity index is 1.53. The lowest BCUT2D eigenvalue weighted by Crippen LogP contribution is -2.54. The lowest BCUT2D eigenvalue weighted by atomic mass is 9.46. The van der Waals surface area contributed by atoms with Crippen LogP contribution in [0.25, 0.3) is 0 Å². The van der Waals surface area contributed by atoms with Crippen molar-refractivity contribution in [2.75, 3.05) is 0 Å². The molecule has 164 valence electrons. The molecule has 8 atom stereocenters. The molecule has 3 unspecified atom stereocenters. The first-order valence-electron chi connectivity index (χ1n) is 12.6. The van der Waals surface area contributed by atoms with Gasteiger partial charge in [0.1, 0.15) is 0 Å². The molecule has 0 radical (unpaired) electrons. The third-order valence-electron chi connectivity index (χ3n) is 10.2. The fraction of sp³-hybridized carbons (Fsp3) is 0.889. The molecule has 0 amide bonds. The fourth-order valence-electron chi connectivity index (χ4n) is 8.63. The van der Waals surface area contributed by atoms with Gasteiger partial charge in [-0.2, -0.15) is 0 Å². The number of fused-ring (bicyclic) bond motifs is 5. The van der Waals surface area contributed by atoms with Gasteiger partial charge in [0.05, 0.1) is 6.10 Å². The molecule has 0 aromatic heterocycles. The van der Waals surface area contributed by atoms with Crippen LogP contribution < -0.4 is 0 Å². The summed E-state index contributed by atoms with van der Waals surface area (Å²) in [6.07, 6.45) is 13.5. The predicted octanol–water partition coefficient (Wildman–Crippen LogP) is 6.57. The molecule has 0 aromatic carbocycles. The number of ketones is 1. The molecule has 29 heavy (non-hydrogen) atoms. The van der Waals surface area contributed by atoms with Gasteiger partial charge >= 0.3 is 0 Å².